The maximum absolute atomic E-state index is 10.6. The van der Waals surface area contributed by atoms with Gasteiger partial charge >= 0.3 is 0 Å². The molecule has 0 fully saturated rings. The Labute approximate surface area is 92.2 Å². The number of carbonyl (C=O) groups is 1. The summed E-state index contributed by atoms with van der Waals surface area (Å²) in [4.78, 5) is 14.7. The van der Waals surface area contributed by atoms with Crippen LogP contribution in [0.5, 0.6) is 0 Å². The van der Waals surface area contributed by atoms with Crippen LogP contribution in [0.1, 0.15) is 6.92 Å². The third-order valence-electron chi connectivity index (χ3n) is 1.23. The smallest absolute Gasteiger partial charge is 0.222 e. The summed E-state index contributed by atoms with van der Waals surface area (Å²) >= 11 is 1.34. The number of hydrogen-bond donors (Lipinski definition) is 2. The minimum Gasteiger partial charge on any atom is -0.357 e. The molecule has 0 aliphatic carbocycles. The van der Waals surface area contributed by atoms with Crippen molar-refractivity contribution in [3.8, 4) is 0 Å². The molecular formula is C6H5N4OSW-. The van der Waals surface area contributed by atoms with E-state index in [-0.39, 0.29) is 27.0 Å². The van der Waals surface area contributed by atoms with Crippen LogP contribution < -0.4 is 5.32 Å². The summed E-state index contributed by atoms with van der Waals surface area (Å²) in [5.74, 6) is -0.126. The molecule has 68 valence electrons. The number of anilines is 1. The average Bonchev–Trinajstić information content (AvgIpc) is 2.43. The fraction of sp³-hybridized carbons (Fsp3) is 0.167. The molecule has 13 heavy (non-hydrogen) atoms. The second-order valence-corrected chi connectivity index (χ2v) is 3.21. The number of fused-ring (bicyclic) bond motifs is 1. The molecule has 2 aromatic heterocycles. The van der Waals surface area contributed by atoms with E-state index >= 15 is 0 Å². The van der Waals surface area contributed by atoms with Gasteiger partial charge in [0.25, 0.3) is 0 Å². The maximum atomic E-state index is 10.6. The van der Waals surface area contributed by atoms with E-state index in [9.17, 15) is 4.79 Å². The zero-order chi connectivity index (χ0) is 8.55. The van der Waals surface area contributed by atoms with Crippen LogP contribution in [-0.2, 0) is 25.9 Å². The molecule has 0 saturated carbocycles. The van der Waals surface area contributed by atoms with Gasteiger partial charge in [-0.3, -0.25) is 9.78 Å². The van der Waals surface area contributed by atoms with Gasteiger partial charge in [-0.25, -0.2) is 0 Å². The minimum absolute atomic E-state index is 0. The Morgan fingerprint density at radius 3 is 3.08 bits per heavy atom. The molecular weight excluding hydrogens is 360 g/mol. The number of rotatable bonds is 1. The van der Waals surface area contributed by atoms with Crippen LogP contribution in [-0.4, -0.2) is 21.1 Å². The van der Waals surface area contributed by atoms with Gasteiger partial charge in [0, 0.05) is 33.6 Å². The van der Waals surface area contributed by atoms with Gasteiger partial charge in [0.1, 0.15) is 0 Å². The van der Waals surface area contributed by atoms with Crippen LogP contribution in [0.4, 0.5) is 5.13 Å². The standard InChI is InChI=1S/C6H5N4OS.W/c1-3(11)8-6-9-5-4(12-6)2-7-10-5;/h1H3,(H2,7,8,9,10,11);/q-1;. The molecule has 5 nitrogen and oxygen atoms in total. The third-order valence-corrected chi connectivity index (χ3v) is 2.10. The van der Waals surface area contributed by atoms with Crippen LogP contribution in [0.3, 0.4) is 0 Å². The molecule has 0 aliphatic rings. The SMILES string of the molecule is CC(=O)Nc1nc2[nH]n[c-]c2s1.[W]. The number of aromatic amines is 1. The summed E-state index contributed by atoms with van der Waals surface area (Å²) in [5.41, 5.74) is 0.656. The van der Waals surface area contributed by atoms with Gasteiger partial charge in [-0.15, -0.1) is 17.5 Å². The molecule has 2 heterocycles. The fourth-order valence-corrected chi connectivity index (χ4v) is 1.61. The van der Waals surface area contributed by atoms with Gasteiger partial charge in [0.15, 0.2) is 5.13 Å². The molecule has 0 spiro atoms. The molecule has 2 N–H and O–H groups in total. The zero-order valence-corrected chi connectivity index (χ0v) is 10.4. The second kappa shape index (κ2) is 3.98. The van der Waals surface area contributed by atoms with Gasteiger partial charge in [-0.1, -0.05) is 4.70 Å². The molecule has 2 aromatic rings. The normalized spacial score (nSPS) is 9.62. The third kappa shape index (κ3) is 2.14. The molecule has 0 bridgehead atoms. The second-order valence-electron chi connectivity index (χ2n) is 2.21. The summed E-state index contributed by atoms with van der Waals surface area (Å²) in [6, 6.07) is 0. The summed E-state index contributed by atoms with van der Waals surface area (Å²) in [5, 5.41) is 9.48. The largest absolute Gasteiger partial charge is 0.357 e. The number of amides is 1. The van der Waals surface area contributed by atoms with Crippen molar-refractivity contribution in [2.24, 2.45) is 0 Å². The minimum atomic E-state index is -0.126. The predicted octanol–water partition coefficient (Wildman–Crippen LogP) is 0.775. The number of H-pyrrole nitrogens is 1. The first kappa shape index (κ1) is 10.3. The summed E-state index contributed by atoms with van der Waals surface area (Å²) in [6.45, 7) is 1.44. The van der Waals surface area contributed by atoms with E-state index in [0.717, 1.165) is 4.70 Å². The molecule has 0 aliphatic heterocycles. The van der Waals surface area contributed by atoms with Crippen LogP contribution in [0.2, 0.25) is 0 Å². The maximum Gasteiger partial charge on any atom is 0.222 e. The van der Waals surface area contributed by atoms with Crippen molar-refractivity contribution in [3.63, 3.8) is 0 Å². The Kier molecular flexibility index (Phi) is 3.16. The van der Waals surface area contributed by atoms with Crippen molar-refractivity contribution in [2.45, 2.75) is 6.92 Å². The number of nitrogens with one attached hydrogen (secondary N) is 2. The Morgan fingerprint density at radius 1 is 1.69 bits per heavy atom. The van der Waals surface area contributed by atoms with Crippen molar-refractivity contribution < 1.29 is 25.9 Å². The van der Waals surface area contributed by atoms with Crippen LogP contribution in [0, 0.1) is 6.20 Å². The van der Waals surface area contributed by atoms with E-state index in [1.807, 2.05) is 0 Å². The van der Waals surface area contributed by atoms with Crippen LogP contribution in [0.25, 0.3) is 10.3 Å². The first-order valence-corrected chi connectivity index (χ1v) is 4.07. The van der Waals surface area contributed by atoms with Gasteiger partial charge < -0.3 is 15.5 Å². The van der Waals surface area contributed by atoms with Crippen molar-refractivity contribution >= 4 is 32.7 Å². The van der Waals surface area contributed by atoms with E-state index in [1.54, 1.807) is 0 Å². The summed E-state index contributed by atoms with van der Waals surface area (Å²) in [6.07, 6.45) is 2.71. The molecule has 0 radical (unpaired) electrons. The van der Waals surface area contributed by atoms with Gasteiger partial charge in [-0.05, 0) is 0 Å². The quantitative estimate of drug-likeness (QED) is 0.734. The van der Waals surface area contributed by atoms with Crippen molar-refractivity contribution in [1.29, 1.82) is 0 Å². The van der Waals surface area contributed by atoms with E-state index in [0.29, 0.717) is 10.8 Å². The Hall–Kier alpha value is -0.742. The van der Waals surface area contributed by atoms with Crippen molar-refractivity contribution in [2.75, 3.05) is 5.32 Å². The van der Waals surface area contributed by atoms with E-state index in [2.05, 4.69) is 26.7 Å². The zero-order valence-electron chi connectivity index (χ0n) is 6.62. The first-order chi connectivity index (χ1) is 5.75. The van der Waals surface area contributed by atoms with Gasteiger partial charge in [0.2, 0.25) is 5.91 Å². The molecule has 7 heteroatoms. The predicted molar refractivity (Wildman–Crippen MR) is 44.9 cm³/mol. The number of hydrogen-bond acceptors (Lipinski definition) is 4. The molecule has 0 saturated heterocycles. The topological polar surface area (TPSA) is 70.7 Å². The number of carbonyl (C=O) groups excluding carboxylic acids is 1. The molecule has 0 unspecified atom stereocenters. The Balaban J connectivity index is 0.000000845. The summed E-state index contributed by atoms with van der Waals surface area (Å²) < 4.78 is 0.818. The van der Waals surface area contributed by atoms with Crippen molar-refractivity contribution in [1.82, 2.24) is 15.2 Å². The first-order valence-electron chi connectivity index (χ1n) is 3.26. The number of thiazole rings is 1. The van der Waals surface area contributed by atoms with E-state index in [1.165, 1.54) is 18.3 Å². The number of nitrogens with zero attached hydrogens (tertiary/aromatic N) is 2. The monoisotopic (exact) mass is 365 g/mol. The number of aromatic nitrogens is 3. The molecule has 1 amide bonds. The van der Waals surface area contributed by atoms with Crippen LogP contribution >= 0.6 is 11.3 Å². The van der Waals surface area contributed by atoms with E-state index in [4.69, 9.17) is 0 Å². The Morgan fingerprint density at radius 2 is 2.46 bits per heavy atom. The molecule has 2 rings (SSSR count). The molecule has 0 aromatic carbocycles. The van der Waals surface area contributed by atoms with E-state index < -0.39 is 0 Å². The summed E-state index contributed by atoms with van der Waals surface area (Å²) in [7, 11) is 0. The van der Waals surface area contributed by atoms with Gasteiger partial charge in [0.05, 0.1) is 0 Å². The van der Waals surface area contributed by atoms with Gasteiger partial charge in [-0.2, -0.15) is 0 Å². The average molecular weight is 365 g/mol. The molecule has 0 atom stereocenters. The van der Waals surface area contributed by atoms with Crippen LogP contribution in [0.15, 0.2) is 0 Å². The Bertz CT molecular complexity index is 394. The van der Waals surface area contributed by atoms with Crippen molar-refractivity contribution in [3.05, 3.63) is 6.20 Å². The fourth-order valence-electron chi connectivity index (χ4n) is 0.807.